The summed E-state index contributed by atoms with van der Waals surface area (Å²) in [6, 6.07) is 6.79. The molecule has 96 valence electrons. The van der Waals surface area contributed by atoms with Crippen molar-refractivity contribution >= 4 is 29.2 Å². The van der Waals surface area contributed by atoms with Crippen LogP contribution in [0.5, 0.6) is 0 Å². The smallest absolute Gasteiger partial charge is 0.309 e. The summed E-state index contributed by atoms with van der Waals surface area (Å²) in [7, 11) is 0. The molecule has 5 heteroatoms. The maximum atomic E-state index is 11.5. The van der Waals surface area contributed by atoms with E-state index in [1.54, 1.807) is 24.3 Å². The monoisotopic (exact) mass is 267 g/mol. The highest BCUT2D eigenvalue weighted by Crippen LogP contribution is 2.38. The second kappa shape index (κ2) is 5.40. The van der Waals surface area contributed by atoms with Gasteiger partial charge in [-0.1, -0.05) is 24.6 Å². The van der Waals surface area contributed by atoms with Crippen LogP contribution in [0.25, 0.3) is 0 Å². The summed E-state index contributed by atoms with van der Waals surface area (Å²) in [6.07, 6.45) is 0.856. The van der Waals surface area contributed by atoms with Gasteiger partial charge in [0.1, 0.15) is 0 Å². The maximum absolute atomic E-state index is 11.5. The average molecular weight is 268 g/mol. The fraction of sp³-hybridized carbons (Fsp3) is 0.385. The fourth-order valence-corrected chi connectivity index (χ4v) is 1.85. The zero-order valence-electron chi connectivity index (χ0n) is 9.98. The Morgan fingerprint density at radius 1 is 1.50 bits per heavy atom. The molecule has 18 heavy (non-hydrogen) atoms. The number of anilines is 1. The predicted octanol–water partition coefficient (Wildman–Crippen LogP) is 2.48. The molecule has 0 aromatic heterocycles. The lowest BCUT2D eigenvalue weighted by molar-refractivity contribution is -0.148. The number of ether oxygens (including phenoxy) is 1. The molecule has 0 radical (unpaired) electrons. The Bertz CT molecular complexity index is 475. The van der Waals surface area contributed by atoms with Crippen molar-refractivity contribution in [3.63, 3.8) is 0 Å². The van der Waals surface area contributed by atoms with E-state index in [4.69, 9.17) is 16.3 Å². The molecule has 1 aliphatic carbocycles. The first-order chi connectivity index (χ1) is 8.56. The molecule has 1 amide bonds. The second-order valence-corrected chi connectivity index (χ2v) is 4.92. The third-order valence-electron chi connectivity index (χ3n) is 2.87. The first kappa shape index (κ1) is 12.9. The summed E-state index contributed by atoms with van der Waals surface area (Å²) in [5, 5.41) is 3.15. The average Bonchev–Trinajstić information content (AvgIpc) is 3.03. The highest BCUT2D eigenvalue weighted by molar-refractivity contribution is 6.30. The molecule has 0 saturated heterocycles. The minimum atomic E-state index is -0.362. The van der Waals surface area contributed by atoms with Crippen molar-refractivity contribution in [2.45, 2.75) is 13.3 Å². The Labute approximate surface area is 110 Å². The molecule has 2 rings (SSSR count). The zero-order valence-corrected chi connectivity index (χ0v) is 10.7. The minimum absolute atomic E-state index is 0.0241. The van der Waals surface area contributed by atoms with E-state index >= 15 is 0 Å². The molecule has 0 bridgehead atoms. The number of benzene rings is 1. The summed E-state index contributed by atoms with van der Waals surface area (Å²) in [5.41, 5.74) is 0.586. The largest absolute Gasteiger partial charge is 0.455 e. The van der Waals surface area contributed by atoms with Crippen molar-refractivity contribution in [2.24, 2.45) is 11.8 Å². The summed E-state index contributed by atoms with van der Waals surface area (Å²) >= 11 is 5.79. The van der Waals surface area contributed by atoms with E-state index in [0.717, 1.165) is 6.42 Å². The number of hydrogen-bond acceptors (Lipinski definition) is 3. The molecule has 1 aliphatic rings. The van der Waals surface area contributed by atoms with E-state index in [9.17, 15) is 9.59 Å². The molecular formula is C13H14ClNO3. The number of halogens is 1. The van der Waals surface area contributed by atoms with Gasteiger partial charge in [0.05, 0.1) is 5.92 Å². The second-order valence-electron chi connectivity index (χ2n) is 4.49. The molecule has 0 spiro atoms. The normalized spacial score (nSPS) is 21.2. The Morgan fingerprint density at radius 3 is 2.83 bits per heavy atom. The molecular weight excluding hydrogens is 254 g/mol. The topological polar surface area (TPSA) is 55.4 Å². The lowest BCUT2D eigenvalue weighted by Gasteiger charge is -2.06. The molecule has 4 nitrogen and oxygen atoms in total. The maximum Gasteiger partial charge on any atom is 0.309 e. The predicted molar refractivity (Wildman–Crippen MR) is 68.3 cm³/mol. The Hall–Kier alpha value is -1.55. The van der Waals surface area contributed by atoms with Crippen molar-refractivity contribution in [3.05, 3.63) is 29.3 Å². The van der Waals surface area contributed by atoms with Crippen LogP contribution in [0.1, 0.15) is 13.3 Å². The minimum Gasteiger partial charge on any atom is -0.455 e. The quantitative estimate of drug-likeness (QED) is 0.853. The number of esters is 1. The van der Waals surface area contributed by atoms with Gasteiger partial charge in [0.2, 0.25) is 0 Å². The summed E-state index contributed by atoms with van der Waals surface area (Å²) in [6.45, 7) is 1.73. The van der Waals surface area contributed by atoms with E-state index in [1.165, 1.54) is 0 Å². The Kier molecular flexibility index (Phi) is 3.87. The van der Waals surface area contributed by atoms with Crippen LogP contribution in [0.15, 0.2) is 24.3 Å². The van der Waals surface area contributed by atoms with Crippen LogP contribution in [0.2, 0.25) is 5.02 Å². The third-order valence-corrected chi connectivity index (χ3v) is 3.10. The number of nitrogens with one attached hydrogen (secondary N) is 1. The van der Waals surface area contributed by atoms with E-state index in [1.807, 2.05) is 6.92 Å². The van der Waals surface area contributed by atoms with Gasteiger partial charge in [0, 0.05) is 10.7 Å². The molecule has 1 saturated carbocycles. The van der Waals surface area contributed by atoms with Gasteiger partial charge in [0.25, 0.3) is 5.91 Å². The number of hydrogen-bond donors (Lipinski definition) is 1. The summed E-state index contributed by atoms with van der Waals surface area (Å²) in [5.74, 6) is -0.292. The fourth-order valence-electron chi connectivity index (χ4n) is 1.66. The van der Waals surface area contributed by atoms with Crippen molar-refractivity contribution in [3.8, 4) is 0 Å². The molecule has 0 heterocycles. The van der Waals surface area contributed by atoms with Crippen LogP contribution < -0.4 is 5.32 Å². The van der Waals surface area contributed by atoms with E-state index < -0.39 is 0 Å². The highest BCUT2D eigenvalue weighted by atomic mass is 35.5. The lowest BCUT2D eigenvalue weighted by Crippen LogP contribution is -2.21. The zero-order chi connectivity index (χ0) is 13.1. The Balaban J connectivity index is 1.77. The van der Waals surface area contributed by atoms with Crippen molar-refractivity contribution < 1.29 is 14.3 Å². The molecule has 1 aromatic rings. The van der Waals surface area contributed by atoms with Gasteiger partial charge in [-0.15, -0.1) is 0 Å². The molecule has 1 N–H and O–H groups in total. The van der Waals surface area contributed by atoms with Crippen molar-refractivity contribution in [1.82, 2.24) is 0 Å². The van der Waals surface area contributed by atoms with Gasteiger partial charge in [-0.25, -0.2) is 0 Å². The van der Waals surface area contributed by atoms with E-state index in [2.05, 4.69) is 5.32 Å². The highest BCUT2D eigenvalue weighted by Gasteiger charge is 2.40. The van der Waals surface area contributed by atoms with Gasteiger partial charge in [-0.2, -0.15) is 0 Å². The molecule has 0 aliphatic heterocycles. The lowest BCUT2D eigenvalue weighted by atomic mass is 10.3. The number of carbonyl (C=O) groups is 2. The van der Waals surface area contributed by atoms with Crippen LogP contribution >= 0.6 is 11.6 Å². The Morgan fingerprint density at radius 2 is 2.22 bits per heavy atom. The van der Waals surface area contributed by atoms with Crippen LogP contribution in [0.4, 0.5) is 5.69 Å². The van der Waals surface area contributed by atoms with Crippen molar-refractivity contribution in [1.29, 1.82) is 0 Å². The van der Waals surface area contributed by atoms with Crippen LogP contribution in [0, 0.1) is 11.8 Å². The molecule has 0 unspecified atom stereocenters. The van der Waals surface area contributed by atoms with Gasteiger partial charge in [-0.3, -0.25) is 9.59 Å². The standard InChI is InChI=1S/C13H14ClNO3/c1-8-5-11(8)13(17)18-7-12(16)15-10-4-2-3-9(14)6-10/h2-4,6,8,11H,5,7H2,1H3,(H,15,16)/t8-,11-/m0/s1. The van der Waals surface area contributed by atoms with E-state index in [-0.39, 0.29) is 24.4 Å². The van der Waals surface area contributed by atoms with Crippen LogP contribution in [0.3, 0.4) is 0 Å². The molecule has 1 fully saturated rings. The van der Waals surface area contributed by atoms with Gasteiger partial charge < -0.3 is 10.1 Å². The van der Waals surface area contributed by atoms with Gasteiger partial charge in [-0.05, 0) is 30.5 Å². The summed E-state index contributed by atoms with van der Waals surface area (Å²) < 4.78 is 4.92. The third kappa shape index (κ3) is 3.47. The number of rotatable bonds is 4. The molecule has 2 atom stereocenters. The van der Waals surface area contributed by atoms with Gasteiger partial charge in [0.15, 0.2) is 6.61 Å². The SMILES string of the molecule is C[C@H]1C[C@@H]1C(=O)OCC(=O)Nc1cccc(Cl)c1. The van der Waals surface area contributed by atoms with Crippen LogP contribution in [-0.2, 0) is 14.3 Å². The van der Waals surface area contributed by atoms with Crippen molar-refractivity contribution in [2.75, 3.05) is 11.9 Å². The summed E-state index contributed by atoms with van der Waals surface area (Å²) in [4.78, 5) is 22.9. The first-order valence-corrected chi connectivity index (χ1v) is 6.16. The van der Waals surface area contributed by atoms with E-state index in [0.29, 0.717) is 16.6 Å². The number of carbonyl (C=O) groups excluding carboxylic acids is 2. The van der Waals surface area contributed by atoms with Crippen LogP contribution in [-0.4, -0.2) is 18.5 Å². The first-order valence-electron chi connectivity index (χ1n) is 5.78. The number of amides is 1. The van der Waals surface area contributed by atoms with Gasteiger partial charge >= 0.3 is 5.97 Å². The molecule has 1 aromatic carbocycles.